The van der Waals surface area contributed by atoms with Crippen molar-refractivity contribution in [2.24, 2.45) is 5.41 Å². The highest BCUT2D eigenvalue weighted by atomic mass is 16.5. The van der Waals surface area contributed by atoms with Crippen molar-refractivity contribution in [3.8, 4) is 0 Å². The first kappa shape index (κ1) is 21.0. The average molecular weight is 403 g/mol. The quantitative estimate of drug-likeness (QED) is 0.812. The Labute approximate surface area is 170 Å². The molecule has 1 unspecified atom stereocenters. The number of rotatable bonds is 4. The molecule has 0 saturated carbocycles. The van der Waals surface area contributed by atoms with Gasteiger partial charge in [-0.05, 0) is 38.5 Å². The van der Waals surface area contributed by atoms with Gasteiger partial charge >= 0.3 is 6.09 Å². The maximum atomic E-state index is 12.6. The van der Waals surface area contributed by atoms with Gasteiger partial charge in [-0.15, -0.1) is 0 Å². The third kappa shape index (κ3) is 5.02. The fourth-order valence-corrected chi connectivity index (χ4v) is 4.12. The van der Waals surface area contributed by atoms with E-state index in [4.69, 9.17) is 0 Å². The fourth-order valence-electron chi connectivity index (χ4n) is 4.12. The molecule has 1 aromatic heterocycles. The Bertz CT molecular complexity index is 759. The highest BCUT2D eigenvalue weighted by Gasteiger charge is 2.42. The number of hydrogen-bond acceptors (Lipinski definition) is 6. The van der Waals surface area contributed by atoms with Crippen LogP contribution in [0.5, 0.6) is 0 Å². The molecule has 9 nitrogen and oxygen atoms in total. The van der Waals surface area contributed by atoms with E-state index < -0.39 is 12.1 Å². The summed E-state index contributed by atoms with van der Waals surface area (Å²) in [7, 11) is 1.27. The normalized spacial score (nSPS) is 19.8. The lowest BCUT2D eigenvalue weighted by Gasteiger charge is -2.47. The Morgan fingerprint density at radius 1 is 1.24 bits per heavy atom. The van der Waals surface area contributed by atoms with E-state index in [1.807, 2.05) is 11.8 Å². The molecule has 1 atom stereocenters. The molecule has 1 N–H and O–H groups in total. The number of piperidine rings is 2. The zero-order valence-corrected chi connectivity index (χ0v) is 17.3. The van der Waals surface area contributed by atoms with E-state index in [9.17, 15) is 14.4 Å². The smallest absolute Gasteiger partial charge is 0.407 e. The summed E-state index contributed by atoms with van der Waals surface area (Å²) in [6, 6.07) is -0.624. The molecule has 0 bridgehead atoms. The molecule has 3 amide bonds. The first-order valence-corrected chi connectivity index (χ1v) is 10.0. The molecule has 9 heteroatoms. The number of nitrogens with zero attached hydrogens (tertiary/aromatic N) is 4. The topological polar surface area (TPSA) is 105 Å². The Balaban J connectivity index is 1.57. The Morgan fingerprint density at radius 2 is 1.97 bits per heavy atom. The minimum Gasteiger partial charge on any atom is -0.453 e. The van der Waals surface area contributed by atoms with E-state index in [1.165, 1.54) is 7.11 Å². The van der Waals surface area contributed by atoms with Gasteiger partial charge in [-0.1, -0.05) is 0 Å². The lowest BCUT2D eigenvalue weighted by molar-refractivity contribution is -0.143. The zero-order chi connectivity index (χ0) is 21.0. The zero-order valence-electron chi connectivity index (χ0n) is 17.3. The molecule has 2 fully saturated rings. The van der Waals surface area contributed by atoms with E-state index in [1.54, 1.807) is 24.2 Å². The van der Waals surface area contributed by atoms with Crippen molar-refractivity contribution in [2.45, 2.75) is 52.1 Å². The molecule has 2 aliphatic heterocycles. The lowest BCUT2D eigenvalue weighted by atomic mass is 9.72. The Hall–Kier alpha value is -2.71. The van der Waals surface area contributed by atoms with Gasteiger partial charge in [0.05, 0.1) is 31.2 Å². The molecular weight excluding hydrogens is 374 g/mol. The summed E-state index contributed by atoms with van der Waals surface area (Å²) in [5.41, 5.74) is 1.67. The number of ether oxygens (including phenoxy) is 1. The summed E-state index contributed by atoms with van der Waals surface area (Å²) in [4.78, 5) is 48.7. The minimum atomic E-state index is -0.624. The predicted octanol–water partition coefficient (Wildman–Crippen LogP) is 1.26. The van der Waals surface area contributed by atoms with Crippen LogP contribution in [0, 0.1) is 12.3 Å². The van der Waals surface area contributed by atoms with Crippen LogP contribution in [0.4, 0.5) is 4.79 Å². The monoisotopic (exact) mass is 403 g/mol. The van der Waals surface area contributed by atoms with Gasteiger partial charge in [0.25, 0.3) is 0 Å². The van der Waals surface area contributed by atoms with Gasteiger partial charge < -0.3 is 19.9 Å². The van der Waals surface area contributed by atoms with Crippen LogP contribution >= 0.6 is 0 Å². The molecule has 158 valence electrons. The molecule has 0 aliphatic carbocycles. The van der Waals surface area contributed by atoms with E-state index in [0.29, 0.717) is 32.6 Å². The minimum absolute atomic E-state index is 0.0296. The molecule has 0 radical (unpaired) electrons. The number of aromatic nitrogens is 2. The highest BCUT2D eigenvalue weighted by Crippen LogP contribution is 2.40. The maximum absolute atomic E-state index is 12.6. The number of carbonyl (C=O) groups excluding carboxylic acids is 3. The summed E-state index contributed by atoms with van der Waals surface area (Å²) in [6.45, 7) is 5.94. The van der Waals surface area contributed by atoms with Crippen molar-refractivity contribution in [1.29, 1.82) is 0 Å². The standard InChI is InChI=1S/C20H29N5O4/c1-14-10-22-16(11-21-14)12-25-13-20(5-4-17(25)26)6-8-24(9-7-20)18(27)15(2)23-19(28)29-3/h10-11,15H,4-9,12-13H2,1-3H3,(H,23,28). The summed E-state index contributed by atoms with van der Waals surface area (Å²) in [5, 5.41) is 2.52. The van der Waals surface area contributed by atoms with E-state index in [2.05, 4.69) is 20.0 Å². The number of hydrogen-bond donors (Lipinski definition) is 1. The number of nitrogens with one attached hydrogen (secondary N) is 1. The first-order valence-electron chi connectivity index (χ1n) is 10.0. The number of alkyl carbamates (subject to hydrolysis) is 1. The molecule has 29 heavy (non-hydrogen) atoms. The summed E-state index contributed by atoms with van der Waals surface area (Å²) >= 11 is 0. The SMILES string of the molecule is COC(=O)NC(C)C(=O)N1CCC2(CCC(=O)N(Cc3cnc(C)cn3)C2)CC1. The van der Waals surface area contributed by atoms with Gasteiger partial charge in [0.1, 0.15) is 6.04 Å². The van der Waals surface area contributed by atoms with Crippen LogP contribution in [0.1, 0.15) is 44.0 Å². The number of methoxy groups -OCH3 is 1. The predicted molar refractivity (Wildman–Crippen MR) is 105 cm³/mol. The molecule has 1 spiro atoms. The van der Waals surface area contributed by atoms with Gasteiger partial charge in [0.15, 0.2) is 0 Å². The van der Waals surface area contributed by atoms with Crippen LogP contribution in [0.2, 0.25) is 0 Å². The van der Waals surface area contributed by atoms with E-state index in [-0.39, 0.29) is 17.2 Å². The van der Waals surface area contributed by atoms with Crippen molar-refractivity contribution in [3.63, 3.8) is 0 Å². The summed E-state index contributed by atoms with van der Waals surface area (Å²) < 4.78 is 4.56. The molecule has 0 aromatic carbocycles. The molecule has 1 aromatic rings. The highest BCUT2D eigenvalue weighted by molar-refractivity contribution is 5.85. The van der Waals surface area contributed by atoms with Gasteiger partial charge in [-0.3, -0.25) is 19.6 Å². The van der Waals surface area contributed by atoms with Gasteiger partial charge in [0, 0.05) is 32.3 Å². The van der Waals surface area contributed by atoms with Crippen LogP contribution in [0.15, 0.2) is 12.4 Å². The van der Waals surface area contributed by atoms with Crippen LogP contribution < -0.4 is 5.32 Å². The van der Waals surface area contributed by atoms with Gasteiger partial charge in [-0.25, -0.2) is 4.79 Å². The van der Waals surface area contributed by atoms with Crippen LogP contribution in [-0.2, 0) is 20.9 Å². The average Bonchev–Trinajstić information content (AvgIpc) is 2.72. The largest absolute Gasteiger partial charge is 0.453 e. The summed E-state index contributed by atoms with van der Waals surface area (Å²) in [6.07, 6.45) is 5.88. The van der Waals surface area contributed by atoms with Crippen LogP contribution in [0.25, 0.3) is 0 Å². The van der Waals surface area contributed by atoms with E-state index >= 15 is 0 Å². The van der Waals surface area contributed by atoms with E-state index in [0.717, 1.165) is 30.7 Å². The number of likely N-dealkylation sites (tertiary alicyclic amines) is 2. The molecule has 3 rings (SSSR count). The third-order valence-corrected chi connectivity index (χ3v) is 5.96. The maximum Gasteiger partial charge on any atom is 0.407 e. The molecule has 2 aliphatic rings. The summed E-state index contributed by atoms with van der Waals surface area (Å²) in [5.74, 6) is 0.0383. The number of carbonyl (C=O) groups is 3. The van der Waals surface area contributed by atoms with Crippen molar-refractivity contribution < 1.29 is 19.1 Å². The molecule has 3 heterocycles. The third-order valence-electron chi connectivity index (χ3n) is 5.96. The van der Waals surface area contributed by atoms with Crippen molar-refractivity contribution in [1.82, 2.24) is 25.1 Å². The second-order valence-electron chi connectivity index (χ2n) is 8.08. The van der Waals surface area contributed by atoms with Crippen LogP contribution in [0.3, 0.4) is 0 Å². The van der Waals surface area contributed by atoms with Gasteiger partial charge in [-0.2, -0.15) is 0 Å². The van der Waals surface area contributed by atoms with Crippen molar-refractivity contribution >= 4 is 17.9 Å². The lowest BCUT2D eigenvalue weighted by Crippen LogP contribution is -2.54. The van der Waals surface area contributed by atoms with Crippen LogP contribution in [-0.4, -0.2) is 70.5 Å². The van der Waals surface area contributed by atoms with Crippen molar-refractivity contribution in [3.05, 3.63) is 23.8 Å². The Kier molecular flexibility index (Phi) is 6.34. The Morgan fingerprint density at radius 3 is 2.59 bits per heavy atom. The second kappa shape index (κ2) is 8.75. The molecular formula is C20H29N5O4. The number of amides is 3. The number of aryl methyl sites for hydroxylation is 1. The first-order chi connectivity index (χ1) is 13.8. The second-order valence-corrected chi connectivity index (χ2v) is 8.08. The van der Waals surface area contributed by atoms with Crippen molar-refractivity contribution in [2.75, 3.05) is 26.7 Å². The fraction of sp³-hybridized carbons (Fsp3) is 0.650. The van der Waals surface area contributed by atoms with Gasteiger partial charge in [0.2, 0.25) is 11.8 Å². The molecule has 2 saturated heterocycles.